The molecule has 1 unspecified atom stereocenters. The van der Waals surface area contributed by atoms with Gasteiger partial charge in [0.2, 0.25) is 0 Å². The topological polar surface area (TPSA) is 18.7 Å². The van der Waals surface area contributed by atoms with E-state index >= 15 is 0 Å². The molecule has 0 amide bonds. The fourth-order valence-electron chi connectivity index (χ4n) is 3.76. The first-order valence-electron chi connectivity index (χ1n) is 10.0. The lowest BCUT2D eigenvalue weighted by atomic mass is 9.83. The minimum atomic E-state index is -0.190. The van der Waals surface area contributed by atoms with Gasteiger partial charge in [-0.3, -0.25) is 0 Å². The lowest BCUT2D eigenvalue weighted by Crippen LogP contribution is -2.51. The second-order valence-corrected chi connectivity index (χ2v) is 8.70. The normalized spacial score (nSPS) is 21.1. The molecule has 1 rings (SSSR count). The van der Waals surface area contributed by atoms with Crippen molar-refractivity contribution in [1.82, 2.24) is 9.80 Å². The number of rotatable bonds is 9. The number of nitrogens with zero attached hydrogens (tertiary/aromatic N) is 3. The van der Waals surface area contributed by atoms with Crippen molar-refractivity contribution < 1.29 is 9.31 Å². The fourth-order valence-corrected chi connectivity index (χ4v) is 3.76. The van der Waals surface area contributed by atoms with Crippen LogP contribution in [0.2, 0.25) is 0 Å². The van der Waals surface area contributed by atoms with Crippen LogP contribution < -0.4 is 0 Å². The molecule has 0 radical (unpaired) electrons. The first kappa shape index (κ1) is 23.1. The molecular weight excluding hydrogens is 322 g/mol. The number of hydrogen-bond acceptors (Lipinski definition) is 3. The van der Waals surface area contributed by atoms with Crippen molar-refractivity contribution in [3.05, 3.63) is 24.4 Å². The summed E-state index contributed by atoms with van der Waals surface area (Å²) in [5.74, 6) is 0. The molecule has 4 heteroatoms. The average molecular weight is 365 g/mol. The molecular formula is C22H42N3O+. The van der Waals surface area contributed by atoms with Crippen LogP contribution in [0.1, 0.15) is 53.9 Å². The summed E-state index contributed by atoms with van der Waals surface area (Å²) in [4.78, 5) is 4.67. The Morgan fingerprint density at radius 2 is 1.92 bits per heavy atom. The van der Waals surface area contributed by atoms with Crippen LogP contribution in [0, 0.1) is 0 Å². The monoisotopic (exact) mass is 364 g/mol. The highest BCUT2D eigenvalue weighted by atomic mass is 16.5. The number of hydrogen-bond donors (Lipinski definition) is 0. The van der Waals surface area contributed by atoms with Gasteiger partial charge in [0.15, 0.2) is 12.4 Å². The molecule has 1 saturated heterocycles. The summed E-state index contributed by atoms with van der Waals surface area (Å²) in [6.45, 7) is 18.1. The molecule has 0 saturated carbocycles. The first-order valence-corrected chi connectivity index (χ1v) is 10.0. The highest BCUT2D eigenvalue weighted by Gasteiger charge is 2.42. The van der Waals surface area contributed by atoms with E-state index in [1.165, 1.54) is 5.57 Å². The quantitative estimate of drug-likeness (QED) is 0.458. The van der Waals surface area contributed by atoms with E-state index in [-0.39, 0.29) is 11.2 Å². The van der Waals surface area contributed by atoms with Crippen LogP contribution in [-0.4, -0.2) is 78.6 Å². The third kappa shape index (κ3) is 6.64. The summed E-state index contributed by atoms with van der Waals surface area (Å²) in [5, 5.41) is 0. The maximum Gasteiger partial charge on any atom is 0.170 e. The number of allylic oxidation sites excluding steroid dienone is 1. The SMILES string of the molecule is C=CC=[N+](C=C(C)C1(OC(C)(C)CC(C)N(C)C)CCN(C)CC1)CC. The third-order valence-corrected chi connectivity index (χ3v) is 5.68. The van der Waals surface area contributed by atoms with Crippen LogP contribution in [0.4, 0.5) is 0 Å². The zero-order chi connectivity index (χ0) is 20.0. The largest absolute Gasteiger partial charge is 0.364 e. The summed E-state index contributed by atoms with van der Waals surface area (Å²) < 4.78 is 9.13. The summed E-state index contributed by atoms with van der Waals surface area (Å²) in [6.07, 6.45) is 9.22. The highest BCUT2D eigenvalue weighted by Crippen LogP contribution is 2.38. The average Bonchev–Trinajstić information content (AvgIpc) is 2.55. The van der Waals surface area contributed by atoms with Crippen LogP contribution in [0.5, 0.6) is 0 Å². The minimum Gasteiger partial charge on any atom is -0.364 e. The lowest BCUT2D eigenvalue weighted by Gasteiger charge is -2.46. The lowest BCUT2D eigenvalue weighted by molar-refractivity contribution is -0.448. The van der Waals surface area contributed by atoms with E-state index in [1.807, 2.05) is 12.3 Å². The molecule has 1 aliphatic rings. The van der Waals surface area contributed by atoms with Crippen molar-refractivity contribution in [3.8, 4) is 0 Å². The first-order chi connectivity index (χ1) is 12.0. The Balaban J connectivity index is 3.12. The number of ether oxygens (including phenoxy) is 1. The Kier molecular flexibility index (Phi) is 8.71. The molecule has 0 aromatic rings. The Morgan fingerprint density at radius 3 is 2.38 bits per heavy atom. The second-order valence-electron chi connectivity index (χ2n) is 8.70. The van der Waals surface area contributed by atoms with Crippen molar-refractivity contribution in [1.29, 1.82) is 0 Å². The maximum absolute atomic E-state index is 6.93. The van der Waals surface area contributed by atoms with Gasteiger partial charge in [0, 0.05) is 24.7 Å². The van der Waals surface area contributed by atoms with E-state index in [1.54, 1.807) is 0 Å². The van der Waals surface area contributed by atoms with Crippen molar-refractivity contribution in [3.63, 3.8) is 0 Å². The van der Waals surface area contributed by atoms with Crippen molar-refractivity contribution in [2.24, 2.45) is 0 Å². The summed E-state index contributed by atoms with van der Waals surface area (Å²) in [5.41, 5.74) is 0.953. The molecule has 1 fully saturated rings. The highest BCUT2D eigenvalue weighted by molar-refractivity contribution is 5.65. The molecule has 1 heterocycles. The Bertz CT molecular complexity index is 511. The van der Waals surface area contributed by atoms with Crippen molar-refractivity contribution in [2.45, 2.75) is 71.1 Å². The molecule has 26 heavy (non-hydrogen) atoms. The maximum atomic E-state index is 6.93. The molecule has 1 aliphatic heterocycles. The van der Waals surface area contributed by atoms with Gasteiger partial charge in [-0.15, -0.1) is 0 Å². The van der Waals surface area contributed by atoms with Crippen LogP contribution in [0.3, 0.4) is 0 Å². The van der Waals surface area contributed by atoms with Crippen LogP contribution in [-0.2, 0) is 4.74 Å². The zero-order valence-corrected chi connectivity index (χ0v) is 18.5. The zero-order valence-electron chi connectivity index (χ0n) is 18.5. The van der Waals surface area contributed by atoms with Gasteiger partial charge in [0.1, 0.15) is 6.54 Å². The van der Waals surface area contributed by atoms with Crippen molar-refractivity contribution in [2.75, 3.05) is 40.8 Å². The van der Waals surface area contributed by atoms with Crippen LogP contribution >= 0.6 is 0 Å². The Morgan fingerprint density at radius 1 is 1.35 bits per heavy atom. The Hall–Kier alpha value is -0.970. The van der Waals surface area contributed by atoms with Crippen LogP contribution in [0.25, 0.3) is 0 Å². The van der Waals surface area contributed by atoms with Gasteiger partial charge in [-0.1, -0.05) is 6.58 Å². The van der Waals surface area contributed by atoms with Gasteiger partial charge in [-0.25, -0.2) is 4.58 Å². The van der Waals surface area contributed by atoms with Gasteiger partial charge >= 0.3 is 0 Å². The summed E-state index contributed by atoms with van der Waals surface area (Å²) in [7, 11) is 6.48. The molecule has 1 atom stereocenters. The predicted molar refractivity (Wildman–Crippen MR) is 113 cm³/mol. The predicted octanol–water partition coefficient (Wildman–Crippen LogP) is 3.78. The van der Waals surface area contributed by atoms with Crippen LogP contribution in [0.15, 0.2) is 24.4 Å². The van der Waals surface area contributed by atoms with Gasteiger partial charge in [0.25, 0.3) is 0 Å². The molecule has 0 spiro atoms. The molecule has 0 aromatic heterocycles. The number of piperidine rings is 1. The molecule has 0 N–H and O–H groups in total. The molecule has 0 bridgehead atoms. The van der Waals surface area contributed by atoms with E-state index in [0.29, 0.717) is 6.04 Å². The Labute approximate surface area is 162 Å². The van der Waals surface area contributed by atoms with Crippen molar-refractivity contribution >= 4 is 6.21 Å². The van der Waals surface area contributed by atoms with E-state index in [0.717, 1.165) is 38.9 Å². The molecule has 150 valence electrons. The molecule has 4 nitrogen and oxygen atoms in total. The van der Waals surface area contributed by atoms with E-state index in [4.69, 9.17) is 4.74 Å². The smallest absolute Gasteiger partial charge is 0.170 e. The molecule has 0 aliphatic carbocycles. The van der Waals surface area contributed by atoms with E-state index in [2.05, 4.69) is 82.9 Å². The van der Waals surface area contributed by atoms with Gasteiger partial charge in [-0.05, 0) is 81.1 Å². The van der Waals surface area contributed by atoms with Gasteiger partial charge < -0.3 is 14.5 Å². The second kappa shape index (κ2) is 9.82. The number of likely N-dealkylation sites (tertiary alicyclic amines) is 1. The van der Waals surface area contributed by atoms with E-state index < -0.39 is 0 Å². The van der Waals surface area contributed by atoms with Gasteiger partial charge in [-0.2, -0.15) is 0 Å². The molecule has 0 aromatic carbocycles. The van der Waals surface area contributed by atoms with Gasteiger partial charge in [0.05, 0.1) is 11.2 Å². The fraction of sp³-hybridized carbons (Fsp3) is 0.773. The third-order valence-electron chi connectivity index (χ3n) is 5.68. The van der Waals surface area contributed by atoms with E-state index in [9.17, 15) is 0 Å². The minimum absolute atomic E-state index is 0.173. The standard InChI is InChI=1S/C22H42N3O/c1-10-14-25(11-2)18-19(3)22(12-15-24(9)16-13-22)26-21(5,6)17-20(4)23(7)8/h10,14,18,20H,1,11-13,15-17H2,2-9H3/q+1. The summed E-state index contributed by atoms with van der Waals surface area (Å²) >= 11 is 0. The summed E-state index contributed by atoms with van der Waals surface area (Å²) in [6, 6.07) is 0.485.